The highest BCUT2D eigenvalue weighted by Gasteiger charge is 2.32. The molecular weight excluding hydrogens is 483 g/mol. The van der Waals surface area contributed by atoms with Crippen molar-refractivity contribution in [1.29, 1.82) is 0 Å². The molecule has 0 bridgehead atoms. The predicted octanol–water partition coefficient (Wildman–Crippen LogP) is 5.93. The molecule has 0 aliphatic carbocycles. The van der Waals surface area contributed by atoms with E-state index in [1.807, 2.05) is 63.2 Å². The second-order valence-corrected chi connectivity index (χ2v) is 10.2. The van der Waals surface area contributed by atoms with Crippen LogP contribution in [0.25, 0.3) is 0 Å². The van der Waals surface area contributed by atoms with Crippen molar-refractivity contribution in [2.75, 3.05) is 6.61 Å². The van der Waals surface area contributed by atoms with Gasteiger partial charge in [0.15, 0.2) is 6.61 Å². The second kappa shape index (κ2) is 12.1. The molecular formula is C28H30Cl2N2O3. The molecule has 1 N–H and O–H groups in total. The summed E-state index contributed by atoms with van der Waals surface area (Å²) in [5.74, 6) is -0.154. The summed E-state index contributed by atoms with van der Waals surface area (Å²) in [5, 5.41) is 4.05. The van der Waals surface area contributed by atoms with Gasteiger partial charge in [-0.05, 0) is 56.2 Å². The molecule has 1 atom stereocenters. The molecule has 3 aromatic rings. The van der Waals surface area contributed by atoms with Crippen molar-refractivity contribution in [1.82, 2.24) is 10.2 Å². The van der Waals surface area contributed by atoms with Crippen molar-refractivity contribution in [3.8, 4) is 5.75 Å². The molecule has 1 unspecified atom stereocenters. The summed E-state index contributed by atoms with van der Waals surface area (Å²) in [5.41, 5.74) is 1.33. The molecule has 0 aromatic heterocycles. The largest absolute Gasteiger partial charge is 0.482 e. The molecule has 0 spiro atoms. The van der Waals surface area contributed by atoms with Crippen molar-refractivity contribution in [2.45, 2.75) is 45.3 Å². The van der Waals surface area contributed by atoms with Crippen LogP contribution in [0.4, 0.5) is 0 Å². The molecule has 35 heavy (non-hydrogen) atoms. The van der Waals surface area contributed by atoms with Gasteiger partial charge >= 0.3 is 0 Å². The number of rotatable bonds is 9. The van der Waals surface area contributed by atoms with Crippen LogP contribution in [-0.4, -0.2) is 34.9 Å². The van der Waals surface area contributed by atoms with Crippen LogP contribution in [0, 0.1) is 0 Å². The van der Waals surface area contributed by atoms with Crippen LogP contribution in [-0.2, 0) is 22.6 Å². The van der Waals surface area contributed by atoms with Gasteiger partial charge < -0.3 is 15.0 Å². The summed E-state index contributed by atoms with van der Waals surface area (Å²) < 4.78 is 5.74. The Kier molecular flexibility index (Phi) is 9.19. The minimum Gasteiger partial charge on any atom is -0.482 e. The standard InChI is InChI=1S/C28H30Cl2N2O3/c1-28(2,3)31-27(34)24(17-20-9-5-4-6-10-20)32(18-21-13-15-22(29)16-14-21)26(33)19-35-25-12-8-7-11-23(25)30/h4-16,24H,17-19H2,1-3H3,(H,31,34). The number of carbonyl (C=O) groups is 2. The van der Waals surface area contributed by atoms with Crippen LogP contribution in [0.3, 0.4) is 0 Å². The molecule has 3 rings (SSSR count). The van der Waals surface area contributed by atoms with E-state index in [-0.39, 0.29) is 25.0 Å². The molecule has 184 valence electrons. The Morgan fingerprint density at radius 2 is 1.51 bits per heavy atom. The number of hydrogen-bond donors (Lipinski definition) is 1. The molecule has 0 radical (unpaired) electrons. The van der Waals surface area contributed by atoms with Gasteiger partial charge in [-0.2, -0.15) is 0 Å². The van der Waals surface area contributed by atoms with Gasteiger partial charge in [0.25, 0.3) is 5.91 Å². The number of nitrogens with zero attached hydrogens (tertiary/aromatic N) is 1. The Balaban J connectivity index is 1.93. The van der Waals surface area contributed by atoms with Gasteiger partial charge in [-0.3, -0.25) is 9.59 Å². The first-order valence-electron chi connectivity index (χ1n) is 11.4. The minimum atomic E-state index is -0.755. The Bertz CT molecular complexity index is 1130. The lowest BCUT2D eigenvalue weighted by molar-refractivity contribution is -0.143. The number of amides is 2. The van der Waals surface area contributed by atoms with E-state index >= 15 is 0 Å². The van der Waals surface area contributed by atoms with Crippen molar-refractivity contribution in [2.24, 2.45) is 0 Å². The zero-order valence-corrected chi connectivity index (χ0v) is 21.6. The van der Waals surface area contributed by atoms with Crippen LogP contribution in [0.5, 0.6) is 5.75 Å². The topological polar surface area (TPSA) is 58.6 Å². The maximum Gasteiger partial charge on any atom is 0.261 e. The average molecular weight is 513 g/mol. The molecule has 0 heterocycles. The fraction of sp³-hybridized carbons (Fsp3) is 0.286. The molecule has 0 fully saturated rings. The fourth-order valence-corrected chi connectivity index (χ4v) is 3.89. The SMILES string of the molecule is CC(C)(C)NC(=O)C(Cc1ccccc1)N(Cc1ccc(Cl)cc1)C(=O)COc1ccccc1Cl. The first-order chi connectivity index (χ1) is 16.6. The number of nitrogens with one attached hydrogen (secondary N) is 1. The summed E-state index contributed by atoms with van der Waals surface area (Å²) in [4.78, 5) is 28.6. The highest BCUT2D eigenvalue weighted by Crippen LogP contribution is 2.24. The molecule has 0 aliphatic heterocycles. The zero-order chi connectivity index (χ0) is 25.4. The van der Waals surface area contributed by atoms with E-state index in [1.165, 1.54) is 0 Å². The van der Waals surface area contributed by atoms with Crippen molar-refractivity contribution in [3.63, 3.8) is 0 Å². The van der Waals surface area contributed by atoms with Gasteiger partial charge in [0.05, 0.1) is 5.02 Å². The Labute approximate surface area is 217 Å². The van der Waals surface area contributed by atoms with E-state index in [4.69, 9.17) is 27.9 Å². The predicted molar refractivity (Wildman–Crippen MR) is 141 cm³/mol. The van der Waals surface area contributed by atoms with Crippen molar-refractivity contribution < 1.29 is 14.3 Å². The quantitative estimate of drug-likeness (QED) is 0.386. The lowest BCUT2D eigenvalue weighted by Gasteiger charge is -2.33. The highest BCUT2D eigenvalue weighted by atomic mass is 35.5. The number of hydrogen-bond acceptors (Lipinski definition) is 3. The summed E-state index contributed by atoms with van der Waals surface area (Å²) >= 11 is 12.3. The van der Waals surface area contributed by atoms with E-state index in [9.17, 15) is 9.59 Å². The van der Waals surface area contributed by atoms with Gasteiger partial charge in [-0.15, -0.1) is 0 Å². The number of benzene rings is 3. The summed E-state index contributed by atoms with van der Waals surface area (Å²) in [6, 6.07) is 23.1. The van der Waals surface area contributed by atoms with Gasteiger partial charge in [-0.1, -0.05) is 77.8 Å². The van der Waals surface area contributed by atoms with E-state index < -0.39 is 11.6 Å². The Morgan fingerprint density at radius 3 is 2.14 bits per heavy atom. The van der Waals surface area contributed by atoms with Gasteiger partial charge in [0, 0.05) is 23.5 Å². The van der Waals surface area contributed by atoms with E-state index in [0.717, 1.165) is 11.1 Å². The van der Waals surface area contributed by atoms with Gasteiger partial charge in [-0.25, -0.2) is 0 Å². The molecule has 7 heteroatoms. The first-order valence-corrected chi connectivity index (χ1v) is 12.1. The third kappa shape index (κ3) is 8.30. The fourth-order valence-electron chi connectivity index (χ4n) is 3.58. The van der Waals surface area contributed by atoms with Crippen molar-refractivity contribution >= 4 is 35.0 Å². The monoisotopic (exact) mass is 512 g/mol. The third-order valence-electron chi connectivity index (χ3n) is 5.22. The van der Waals surface area contributed by atoms with E-state index in [0.29, 0.717) is 22.2 Å². The lowest BCUT2D eigenvalue weighted by atomic mass is 10.0. The molecule has 0 aliphatic rings. The van der Waals surface area contributed by atoms with Crippen LogP contribution < -0.4 is 10.1 Å². The van der Waals surface area contributed by atoms with Gasteiger partial charge in [0.1, 0.15) is 11.8 Å². The number of halogens is 2. The van der Waals surface area contributed by atoms with Crippen molar-refractivity contribution in [3.05, 3.63) is 100 Å². The first kappa shape index (κ1) is 26.6. The average Bonchev–Trinajstić information content (AvgIpc) is 2.81. The van der Waals surface area contributed by atoms with Crippen LogP contribution in [0.15, 0.2) is 78.9 Å². The van der Waals surface area contributed by atoms with Gasteiger partial charge in [0.2, 0.25) is 5.91 Å². The number of ether oxygens (including phenoxy) is 1. The molecule has 5 nitrogen and oxygen atoms in total. The molecule has 0 saturated carbocycles. The summed E-state index contributed by atoms with van der Waals surface area (Å²) in [6.45, 7) is 5.70. The van der Waals surface area contributed by atoms with Crippen LogP contribution >= 0.6 is 23.2 Å². The molecule has 2 amide bonds. The maximum atomic E-state index is 13.6. The Morgan fingerprint density at radius 1 is 0.886 bits per heavy atom. The van der Waals surface area contributed by atoms with E-state index in [1.54, 1.807) is 41.3 Å². The Hall–Kier alpha value is -3.02. The summed E-state index contributed by atoms with van der Waals surface area (Å²) in [6.07, 6.45) is 0.355. The zero-order valence-electron chi connectivity index (χ0n) is 20.1. The summed E-state index contributed by atoms with van der Waals surface area (Å²) in [7, 11) is 0. The van der Waals surface area contributed by atoms with Crippen LogP contribution in [0.2, 0.25) is 10.0 Å². The smallest absolute Gasteiger partial charge is 0.261 e. The molecule has 3 aromatic carbocycles. The minimum absolute atomic E-state index is 0.219. The number of carbonyl (C=O) groups excluding carboxylic acids is 2. The maximum absolute atomic E-state index is 13.6. The van der Waals surface area contributed by atoms with E-state index in [2.05, 4.69) is 5.32 Å². The second-order valence-electron chi connectivity index (χ2n) is 9.31. The van der Waals surface area contributed by atoms with Crippen LogP contribution in [0.1, 0.15) is 31.9 Å². The number of para-hydroxylation sites is 1. The molecule has 0 saturated heterocycles. The lowest BCUT2D eigenvalue weighted by Crippen LogP contribution is -2.55. The normalized spacial score (nSPS) is 12.0. The third-order valence-corrected chi connectivity index (χ3v) is 5.79. The highest BCUT2D eigenvalue weighted by molar-refractivity contribution is 6.32.